The number of halogens is 1. The first-order chi connectivity index (χ1) is 9.56. The van der Waals surface area contributed by atoms with Crippen LogP contribution < -0.4 is 0 Å². The minimum atomic E-state index is 0.185. The Hall–Kier alpha value is -0.970. The lowest BCUT2D eigenvalue weighted by Gasteiger charge is -2.25. The van der Waals surface area contributed by atoms with Crippen LogP contribution in [0.1, 0.15) is 29.1 Å². The lowest BCUT2D eigenvalue weighted by atomic mass is 10.1. The van der Waals surface area contributed by atoms with Crippen LogP contribution in [0.5, 0.6) is 0 Å². The molecule has 0 N–H and O–H groups in total. The first-order valence-corrected chi connectivity index (χ1v) is 8.23. The number of rotatable bonds is 6. The molecule has 4 heteroatoms. The van der Waals surface area contributed by atoms with E-state index in [1.807, 2.05) is 30.3 Å². The van der Waals surface area contributed by atoms with Crippen LogP contribution >= 0.6 is 27.3 Å². The summed E-state index contributed by atoms with van der Waals surface area (Å²) in [4.78, 5) is 15.3. The summed E-state index contributed by atoms with van der Waals surface area (Å²) in [6.45, 7) is 5.51. The minimum absolute atomic E-state index is 0.185. The number of ketones is 1. The van der Waals surface area contributed by atoms with Gasteiger partial charge in [-0.1, -0.05) is 30.3 Å². The fourth-order valence-corrected chi connectivity index (χ4v) is 3.28. The first-order valence-electron chi connectivity index (χ1n) is 6.63. The van der Waals surface area contributed by atoms with E-state index in [1.165, 1.54) is 16.9 Å². The molecular weight excluding hydrogens is 334 g/mol. The maximum Gasteiger partial charge on any atom is 0.186 e. The molecule has 1 aromatic carbocycles. The van der Waals surface area contributed by atoms with E-state index in [4.69, 9.17) is 0 Å². The van der Waals surface area contributed by atoms with Gasteiger partial charge in [0.2, 0.25) is 0 Å². The van der Waals surface area contributed by atoms with Crippen LogP contribution in [0.15, 0.2) is 46.3 Å². The zero-order chi connectivity index (χ0) is 14.5. The molecule has 2 rings (SSSR count). The highest BCUT2D eigenvalue weighted by Crippen LogP contribution is 2.23. The van der Waals surface area contributed by atoms with Gasteiger partial charge in [0, 0.05) is 12.6 Å². The molecule has 0 fully saturated rings. The highest BCUT2D eigenvalue weighted by Gasteiger charge is 2.17. The van der Waals surface area contributed by atoms with Gasteiger partial charge in [-0.3, -0.25) is 9.69 Å². The maximum absolute atomic E-state index is 12.3. The second-order valence-electron chi connectivity index (χ2n) is 5.01. The van der Waals surface area contributed by atoms with Crippen molar-refractivity contribution in [1.82, 2.24) is 4.90 Å². The predicted octanol–water partition coefficient (Wildman–Crippen LogP) is 4.60. The lowest BCUT2D eigenvalue weighted by Crippen LogP contribution is -2.35. The number of hydrogen-bond acceptors (Lipinski definition) is 3. The summed E-state index contributed by atoms with van der Waals surface area (Å²) in [6.07, 6.45) is 0. The Labute approximate surface area is 132 Å². The molecule has 2 aromatic rings. The average molecular weight is 352 g/mol. The van der Waals surface area contributed by atoms with Crippen LogP contribution in [0.3, 0.4) is 0 Å². The Morgan fingerprint density at radius 3 is 2.45 bits per heavy atom. The summed E-state index contributed by atoms with van der Waals surface area (Å²) < 4.78 is 1.00. The largest absolute Gasteiger partial charge is 0.292 e. The Kier molecular flexibility index (Phi) is 5.52. The molecule has 0 saturated heterocycles. The van der Waals surface area contributed by atoms with Crippen LogP contribution in [-0.2, 0) is 6.54 Å². The van der Waals surface area contributed by atoms with Gasteiger partial charge in [0.1, 0.15) is 0 Å². The summed E-state index contributed by atoms with van der Waals surface area (Å²) in [5, 5.41) is 0. The summed E-state index contributed by atoms with van der Waals surface area (Å²) in [5.74, 6) is 0.185. The normalized spacial score (nSPS) is 11.2. The number of carbonyl (C=O) groups is 1. The molecule has 20 heavy (non-hydrogen) atoms. The quantitative estimate of drug-likeness (QED) is 0.708. The van der Waals surface area contributed by atoms with E-state index in [0.29, 0.717) is 12.6 Å². The highest BCUT2D eigenvalue weighted by atomic mass is 79.9. The molecule has 0 aliphatic carbocycles. The van der Waals surface area contributed by atoms with Gasteiger partial charge in [-0.15, -0.1) is 11.3 Å². The second kappa shape index (κ2) is 7.16. The maximum atomic E-state index is 12.3. The first kappa shape index (κ1) is 15.4. The molecule has 0 atom stereocenters. The molecule has 0 aliphatic heterocycles. The summed E-state index contributed by atoms with van der Waals surface area (Å²) in [7, 11) is 0. The molecule has 2 nitrogen and oxygen atoms in total. The smallest absolute Gasteiger partial charge is 0.186 e. The van der Waals surface area contributed by atoms with Gasteiger partial charge < -0.3 is 0 Å². The predicted molar refractivity (Wildman–Crippen MR) is 88.3 cm³/mol. The summed E-state index contributed by atoms with van der Waals surface area (Å²) in [5.41, 5.74) is 1.24. The third-order valence-electron chi connectivity index (χ3n) is 3.15. The molecule has 1 heterocycles. The number of nitrogens with zero attached hydrogens (tertiary/aromatic N) is 1. The van der Waals surface area contributed by atoms with Crippen molar-refractivity contribution in [1.29, 1.82) is 0 Å². The zero-order valence-corrected chi connectivity index (χ0v) is 14.1. The fraction of sp³-hybridized carbons (Fsp3) is 0.312. The topological polar surface area (TPSA) is 20.3 Å². The van der Waals surface area contributed by atoms with Gasteiger partial charge in [-0.2, -0.15) is 0 Å². The molecule has 0 aliphatic rings. The molecule has 0 spiro atoms. The number of carbonyl (C=O) groups excluding carboxylic acids is 1. The van der Waals surface area contributed by atoms with Gasteiger partial charge in [0.15, 0.2) is 5.78 Å². The molecular formula is C16H18BrNOS. The van der Waals surface area contributed by atoms with Crippen molar-refractivity contribution in [3.8, 4) is 0 Å². The molecule has 0 bridgehead atoms. The zero-order valence-electron chi connectivity index (χ0n) is 11.7. The standard InChI is InChI=1S/C16H18BrNOS/c1-12(2)18(10-13-6-4-3-5-7-13)11-14(19)15-8-9-16(17)20-15/h3-9,12H,10-11H2,1-2H3. The molecule has 106 valence electrons. The Balaban J connectivity index is 2.04. The van der Waals surface area contributed by atoms with Crippen molar-refractivity contribution >= 4 is 33.0 Å². The minimum Gasteiger partial charge on any atom is -0.292 e. The van der Waals surface area contributed by atoms with Gasteiger partial charge in [-0.25, -0.2) is 0 Å². The van der Waals surface area contributed by atoms with Gasteiger partial charge in [0.25, 0.3) is 0 Å². The van der Waals surface area contributed by atoms with Crippen LogP contribution in [0.4, 0.5) is 0 Å². The Morgan fingerprint density at radius 2 is 1.90 bits per heavy atom. The molecule has 0 amide bonds. The van der Waals surface area contributed by atoms with E-state index >= 15 is 0 Å². The number of hydrogen-bond donors (Lipinski definition) is 0. The van der Waals surface area contributed by atoms with Crippen molar-refractivity contribution in [2.24, 2.45) is 0 Å². The van der Waals surface area contributed by atoms with Gasteiger partial charge >= 0.3 is 0 Å². The summed E-state index contributed by atoms with van der Waals surface area (Å²) >= 11 is 4.90. The summed E-state index contributed by atoms with van der Waals surface area (Å²) in [6, 6.07) is 14.4. The molecule has 0 radical (unpaired) electrons. The van der Waals surface area contributed by atoms with Crippen LogP contribution in [0.25, 0.3) is 0 Å². The Bertz CT molecular complexity index is 565. The number of thiophene rings is 1. The van der Waals surface area contributed by atoms with E-state index < -0.39 is 0 Å². The van der Waals surface area contributed by atoms with E-state index in [-0.39, 0.29) is 5.78 Å². The Morgan fingerprint density at radius 1 is 1.20 bits per heavy atom. The van der Waals surface area contributed by atoms with Crippen LogP contribution in [-0.4, -0.2) is 23.3 Å². The molecule has 0 saturated carbocycles. The van der Waals surface area contributed by atoms with Crippen LogP contribution in [0, 0.1) is 0 Å². The van der Waals surface area contributed by atoms with Crippen molar-refractivity contribution < 1.29 is 4.79 Å². The lowest BCUT2D eigenvalue weighted by molar-refractivity contribution is 0.0902. The third kappa shape index (κ3) is 4.27. The monoisotopic (exact) mass is 351 g/mol. The SMILES string of the molecule is CC(C)N(CC(=O)c1ccc(Br)s1)Cc1ccccc1. The molecule has 1 aromatic heterocycles. The van der Waals surface area contributed by atoms with Crippen molar-refractivity contribution in [3.05, 3.63) is 56.7 Å². The average Bonchev–Trinajstić information content (AvgIpc) is 2.86. The third-order valence-corrected chi connectivity index (χ3v) is 4.82. The van der Waals surface area contributed by atoms with E-state index in [1.54, 1.807) is 0 Å². The van der Waals surface area contributed by atoms with E-state index in [9.17, 15) is 4.79 Å². The van der Waals surface area contributed by atoms with Crippen molar-refractivity contribution in [3.63, 3.8) is 0 Å². The number of benzene rings is 1. The fourth-order valence-electron chi connectivity index (χ4n) is 1.97. The van der Waals surface area contributed by atoms with E-state index in [2.05, 4.69) is 46.8 Å². The van der Waals surface area contributed by atoms with Crippen molar-refractivity contribution in [2.75, 3.05) is 6.54 Å². The van der Waals surface area contributed by atoms with Crippen molar-refractivity contribution in [2.45, 2.75) is 26.4 Å². The molecule has 0 unspecified atom stereocenters. The van der Waals surface area contributed by atoms with Gasteiger partial charge in [-0.05, 0) is 47.5 Å². The highest BCUT2D eigenvalue weighted by molar-refractivity contribution is 9.11. The van der Waals surface area contributed by atoms with Crippen LogP contribution in [0.2, 0.25) is 0 Å². The van der Waals surface area contributed by atoms with Gasteiger partial charge in [0.05, 0.1) is 15.2 Å². The van der Waals surface area contributed by atoms with E-state index in [0.717, 1.165) is 15.2 Å². The second-order valence-corrected chi connectivity index (χ2v) is 7.47. The number of Topliss-reactive ketones (excluding diaryl/α,β-unsaturated/α-hetero) is 1.